The summed E-state index contributed by atoms with van der Waals surface area (Å²) in [7, 11) is 0. The summed E-state index contributed by atoms with van der Waals surface area (Å²) in [6, 6.07) is 14.0. The Bertz CT molecular complexity index is 1560. The molecule has 0 fully saturated rings. The molecule has 172 valence electrons. The number of para-hydroxylation sites is 2. The van der Waals surface area contributed by atoms with E-state index < -0.39 is 30.9 Å². The lowest BCUT2D eigenvalue weighted by atomic mass is 10.0. The highest BCUT2D eigenvalue weighted by atomic mass is 19.4. The summed E-state index contributed by atoms with van der Waals surface area (Å²) in [5, 5.41) is 9.62. The van der Waals surface area contributed by atoms with Crippen LogP contribution < -0.4 is 11.0 Å². The third-order valence-corrected chi connectivity index (χ3v) is 5.43. The molecule has 8 nitrogen and oxygen atoms in total. The molecular weight excluding hydrogens is 449 g/mol. The van der Waals surface area contributed by atoms with Crippen molar-refractivity contribution in [2.75, 3.05) is 6.54 Å². The zero-order valence-corrected chi connectivity index (χ0v) is 17.5. The molecule has 0 radical (unpaired) electrons. The number of aromatic nitrogens is 5. The quantitative estimate of drug-likeness (QED) is 0.415. The average molecular weight is 466 g/mol. The molecule has 0 saturated heterocycles. The summed E-state index contributed by atoms with van der Waals surface area (Å²) >= 11 is 0. The standard InChI is InChI=1S/C23H17F3N6O2/c24-23(25,26)13-28-21(33)12-31-19-3-1-2-4-20(19)32(22(31)34)15-7-5-14(6-8-15)16-9-27-11-18-17(16)10-29-30-18/h1-11H,12-13H2,(H,28,33)(H,29,30). The summed E-state index contributed by atoms with van der Waals surface area (Å²) in [6.07, 6.45) is 0.582. The van der Waals surface area contributed by atoms with E-state index in [4.69, 9.17) is 0 Å². The summed E-state index contributed by atoms with van der Waals surface area (Å²) in [4.78, 5) is 29.5. The fourth-order valence-corrected chi connectivity index (χ4v) is 3.89. The lowest BCUT2D eigenvalue weighted by molar-refractivity contribution is -0.138. The number of halogens is 3. The molecule has 3 heterocycles. The van der Waals surface area contributed by atoms with E-state index >= 15 is 0 Å². The molecule has 0 spiro atoms. The number of imidazole rings is 1. The summed E-state index contributed by atoms with van der Waals surface area (Å²) in [5.41, 5.74) is 3.51. The lowest BCUT2D eigenvalue weighted by Gasteiger charge is -2.08. The predicted octanol–water partition coefficient (Wildman–Crippen LogP) is 3.41. The van der Waals surface area contributed by atoms with Gasteiger partial charge in [0.15, 0.2) is 0 Å². The average Bonchev–Trinajstić information content (AvgIpc) is 3.40. The van der Waals surface area contributed by atoms with Crippen molar-refractivity contribution in [1.82, 2.24) is 29.6 Å². The molecule has 5 aromatic rings. The molecule has 0 atom stereocenters. The van der Waals surface area contributed by atoms with Crippen molar-refractivity contribution >= 4 is 27.8 Å². The van der Waals surface area contributed by atoms with Gasteiger partial charge in [0, 0.05) is 17.1 Å². The number of hydrogen-bond acceptors (Lipinski definition) is 4. The van der Waals surface area contributed by atoms with Crippen LogP contribution in [-0.4, -0.2) is 42.9 Å². The van der Waals surface area contributed by atoms with Gasteiger partial charge in [-0.3, -0.25) is 24.0 Å². The molecule has 0 aliphatic rings. The number of nitrogens with one attached hydrogen (secondary N) is 2. The monoisotopic (exact) mass is 466 g/mol. The van der Waals surface area contributed by atoms with Crippen LogP contribution in [0.2, 0.25) is 0 Å². The number of alkyl halides is 3. The van der Waals surface area contributed by atoms with E-state index in [1.807, 2.05) is 12.1 Å². The Hall–Kier alpha value is -4.41. The smallest absolute Gasteiger partial charge is 0.345 e. The first kappa shape index (κ1) is 21.4. The van der Waals surface area contributed by atoms with Crippen LogP contribution in [0.3, 0.4) is 0 Å². The van der Waals surface area contributed by atoms with Crippen LogP contribution >= 0.6 is 0 Å². The van der Waals surface area contributed by atoms with Crippen molar-refractivity contribution in [3.63, 3.8) is 0 Å². The summed E-state index contributed by atoms with van der Waals surface area (Å²) < 4.78 is 39.9. The number of fused-ring (bicyclic) bond motifs is 2. The second-order valence-electron chi connectivity index (χ2n) is 7.65. The van der Waals surface area contributed by atoms with Crippen LogP contribution in [0.4, 0.5) is 13.2 Å². The molecule has 0 aliphatic heterocycles. The van der Waals surface area contributed by atoms with E-state index in [0.29, 0.717) is 16.7 Å². The SMILES string of the molecule is O=C(Cn1c(=O)n(-c2ccc(-c3cncc4[nH]ncc34)cc2)c2ccccc21)NCC(F)(F)F. The Morgan fingerprint density at radius 3 is 2.47 bits per heavy atom. The Morgan fingerprint density at radius 2 is 1.74 bits per heavy atom. The number of H-pyrrole nitrogens is 1. The van der Waals surface area contributed by atoms with Gasteiger partial charge < -0.3 is 5.32 Å². The molecule has 3 aromatic heterocycles. The summed E-state index contributed by atoms with van der Waals surface area (Å²) in [5.74, 6) is -0.904. The molecule has 34 heavy (non-hydrogen) atoms. The Kier molecular flexibility index (Phi) is 5.16. The first-order valence-corrected chi connectivity index (χ1v) is 10.2. The van der Waals surface area contributed by atoms with Crippen molar-refractivity contribution in [2.45, 2.75) is 12.7 Å². The topological polar surface area (TPSA) is 97.6 Å². The maximum absolute atomic E-state index is 13.2. The number of pyridine rings is 1. The third kappa shape index (κ3) is 3.91. The van der Waals surface area contributed by atoms with Gasteiger partial charge in [0.2, 0.25) is 5.91 Å². The number of aromatic amines is 1. The highest BCUT2D eigenvalue weighted by molar-refractivity contribution is 5.93. The van der Waals surface area contributed by atoms with Crippen LogP contribution in [0.1, 0.15) is 0 Å². The van der Waals surface area contributed by atoms with E-state index in [1.165, 1.54) is 4.57 Å². The van der Waals surface area contributed by atoms with Crippen LogP contribution in [0.25, 0.3) is 38.8 Å². The Labute approximate surface area is 189 Å². The van der Waals surface area contributed by atoms with E-state index in [0.717, 1.165) is 26.6 Å². The number of benzene rings is 2. The van der Waals surface area contributed by atoms with Crippen molar-refractivity contribution in [2.24, 2.45) is 0 Å². The zero-order valence-electron chi connectivity index (χ0n) is 17.5. The van der Waals surface area contributed by atoms with Gasteiger partial charge in [0.05, 0.1) is 34.6 Å². The van der Waals surface area contributed by atoms with Gasteiger partial charge in [-0.1, -0.05) is 24.3 Å². The minimum atomic E-state index is -4.54. The zero-order chi connectivity index (χ0) is 23.9. The minimum Gasteiger partial charge on any atom is -0.345 e. The fraction of sp³-hybridized carbons (Fsp3) is 0.130. The van der Waals surface area contributed by atoms with Gasteiger partial charge in [-0.2, -0.15) is 18.3 Å². The van der Waals surface area contributed by atoms with Gasteiger partial charge in [0.1, 0.15) is 13.1 Å². The molecule has 1 amide bonds. The van der Waals surface area contributed by atoms with Gasteiger partial charge in [-0.05, 0) is 29.8 Å². The predicted molar refractivity (Wildman–Crippen MR) is 119 cm³/mol. The van der Waals surface area contributed by atoms with Crippen molar-refractivity contribution in [1.29, 1.82) is 0 Å². The van der Waals surface area contributed by atoms with Gasteiger partial charge in [-0.15, -0.1) is 0 Å². The lowest BCUT2D eigenvalue weighted by Crippen LogP contribution is -2.37. The minimum absolute atomic E-state index is 0.436. The normalized spacial score (nSPS) is 11.9. The number of nitrogens with zero attached hydrogens (tertiary/aromatic N) is 4. The maximum atomic E-state index is 13.2. The summed E-state index contributed by atoms with van der Waals surface area (Å²) in [6.45, 7) is -1.99. The second kappa shape index (κ2) is 8.18. The van der Waals surface area contributed by atoms with Crippen LogP contribution in [0.5, 0.6) is 0 Å². The third-order valence-electron chi connectivity index (χ3n) is 5.43. The molecule has 5 rings (SSSR count). The second-order valence-corrected chi connectivity index (χ2v) is 7.65. The largest absolute Gasteiger partial charge is 0.405 e. The highest BCUT2D eigenvalue weighted by Crippen LogP contribution is 2.27. The number of amides is 1. The molecule has 0 bridgehead atoms. The van der Waals surface area contributed by atoms with E-state index in [2.05, 4.69) is 15.2 Å². The number of carbonyl (C=O) groups is 1. The molecule has 0 saturated carbocycles. The first-order chi connectivity index (χ1) is 16.3. The molecule has 0 unspecified atom stereocenters. The van der Waals surface area contributed by atoms with E-state index in [1.54, 1.807) is 60.3 Å². The van der Waals surface area contributed by atoms with Crippen LogP contribution in [0.15, 0.2) is 71.9 Å². The number of rotatable bonds is 5. The van der Waals surface area contributed by atoms with Crippen molar-refractivity contribution < 1.29 is 18.0 Å². The fourth-order valence-electron chi connectivity index (χ4n) is 3.89. The molecular formula is C23H17F3N6O2. The number of carbonyl (C=O) groups excluding carboxylic acids is 1. The Morgan fingerprint density at radius 1 is 1.00 bits per heavy atom. The van der Waals surface area contributed by atoms with Crippen LogP contribution in [-0.2, 0) is 11.3 Å². The molecule has 0 aliphatic carbocycles. The van der Waals surface area contributed by atoms with E-state index in [9.17, 15) is 22.8 Å². The Balaban J connectivity index is 1.52. The van der Waals surface area contributed by atoms with Crippen molar-refractivity contribution in [3.8, 4) is 16.8 Å². The first-order valence-electron chi connectivity index (χ1n) is 10.2. The molecule has 11 heteroatoms. The molecule has 2 N–H and O–H groups in total. The number of hydrogen-bond donors (Lipinski definition) is 2. The van der Waals surface area contributed by atoms with Gasteiger partial charge >= 0.3 is 11.9 Å². The molecule has 2 aromatic carbocycles. The van der Waals surface area contributed by atoms with E-state index in [-0.39, 0.29) is 0 Å². The maximum Gasteiger partial charge on any atom is 0.405 e. The highest BCUT2D eigenvalue weighted by Gasteiger charge is 2.28. The van der Waals surface area contributed by atoms with Crippen molar-refractivity contribution in [3.05, 3.63) is 77.6 Å². The van der Waals surface area contributed by atoms with Gasteiger partial charge in [0.25, 0.3) is 0 Å². The van der Waals surface area contributed by atoms with Crippen LogP contribution in [0, 0.1) is 0 Å². The van der Waals surface area contributed by atoms with Gasteiger partial charge in [-0.25, -0.2) is 4.79 Å².